The number of aryl methyl sites for hydroxylation is 1. The van der Waals surface area contributed by atoms with Crippen molar-refractivity contribution >= 4 is 22.0 Å². The molecule has 0 amide bonds. The summed E-state index contributed by atoms with van der Waals surface area (Å²) in [5.41, 5.74) is 8.59. The Hall–Kier alpha value is -3.02. The van der Waals surface area contributed by atoms with Crippen LogP contribution in [-0.4, -0.2) is 63.3 Å². The van der Waals surface area contributed by atoms with Crippen LogP contribution in [0.25, 0.3) is 22.0 Å². The number of fused-ring (bicyclic) bond motifs is 2. The van der Waals surface area contributed by atoms with Crippen molar-refractivity contribution in [3.05, 3.63) is 83.3 Å². The fourth-order valence-electron chi connectivity index (χ4n) is 5.43. The van der Waals surface area contributed by atoms with Crippen LogP contribution in [0.2, 0.25) is 0 Å². The van der Waals surface area contributed by atoms with Crippen LogP contribution in [-0.2, 0) is 13.5 Å². The molecule has 1 unspecified atom stereocenters. The molecule has 0 spiro atoms. The van der Waals surface area contributed by atoms with Crippen LogP contribution in [0.4, 0.5) is 0 Å². The molecule has 1 saturated heterocycles. The molecule has 5 heteroatoms. The van der Waals surface area contributed by atoms with Gasteiger partial charge in [-0.05, 0) is 55.3 Å². The Bertz CT molecular complexity index is 1330. The summed E-state index contributed by atoms with van der Waals surface area (Å²) in [5.74, 6) is 0. The molecule has 2 aliphatic carbocycles. The van der Waals surface area contributed by atoms with Gasteiger partial charge in [-0.1, -0.05) is 30.4 Å². The van der Waals surface area contributed by atoms with Crippen LogP contribution in [0.1, 0.15) is 37.2 Å². The normalized spacial score (nSPS) is 23.6. The highest BCUT2D eigenvalue weighted by atomic mass is 15.3. The number of piperazine rings is 1. The van der Waals surface area contributed by atoms with Gasteiger partial charge in [0.2, 0.25) is 0 Å². The maximum atomic E-state index is 4.85. The number of nitrogens with zero attached hydrogens (tertiary/aromatic N) is 5. The average molecular weight is 440 g/mol. The molecule has 6 rings (SSSR count). The van der Waals surface area contributed by atoms with Gasteiger partial charge in [-0.2, -0.15) is 5.10 Å². The third kappa shape index (κ3) is 3.65. The van der Waals surface area contributed by atoms with Crippen molar-refractivity contribution in [1.82, 2.24) is 24.6 Å². The van der Waals surface area contributed by atoms with Crippen molar-refractivity contribution in [2.45, 2.75) is 25.3 Å². The Morgan fingerprint density at radius 3 is 2.64 bits per heavy atom. The predicted octanol–water partition coefficient (Wildman–Crippen LogP) is 4.55. The quantitative estimate of drug-likeness (QED) is 0.600. The summed E-state index contributed by atoms with van der Waals surface area (Å²) in [7, 11) is 4.19. The lowest BCUT2D eigenvalue weighted by Gasteiger charge is -2.44. The van der Waals surface area contributed by atoms with Crippen LogP contribution in [0, 0.1) is 0 Å². The first-order chi connectivity index (χ1) is 16.0. The maximum Gasteiger partial charge on any atom is 0.0923 e. The number of aromatic nitrogens is 3. The van der Waals surface area contributed by atoms with E-state index >= 15 is 0 Å². The van der Waals surface area contributed by atoms with E-state index in [0.717, 1.165) is 44.5 Å². The molecule has 0 radical (unpaired) electrons. The number of benzene rings is 1. The molecule has 3 heterocycles. The summed E-state index contributed by atoms with van der Waals surface area (Å²) in [4.78, 5) is 9.90. The zero-order valence-corrected chi connectivity index (χ0v) is 19.8. The molecule has 1 fully saturated rings. The smallest absolute Gasteiger partial charge is 0.0923 e. The Kier molecular flexibility index (Phi) is 4.86. The van der Waals surface area contributed by atoms with Gasteiger partial charge in [0.15, 0.2) is 0 Å². The van der Waals surface area contributed by atoms with Crippen LogP contribution >= 0.6 is 0 Å². The number of likely N-dealkylation sites (N-methyl/N-ethyl adjacent to an activating group) is 1. The molecule has 1 aliphatic heterocycles. The third-order valence-corrected chi connectivity index (χ3v) is 7.61. The first-order valence-electron chi connectivity index (χ1n) is 12.0. The maximum absolute atomic E-state index is 4.85. The highest BCUT2D eigenvalue weighted by molar-refractivity contribution is 5.90. The van der Waals surface area contributed by atoms with E-state index in [1.807, 2.05) is 11.7 Å². The lowest BCUT2D eigenvalue weighted by molar-refractivity contribution is 0.0804. The second-order valence-electron chi connectivity index (χ2n) is 9.96. The number of hydrogen-bond donors (Lipinski definition) is 0. The van der Waals surface area contributed by atoms with Crippen molar-refractivity contribution in [3.8, 4) is 0 Å². The van der Waals surface area contributed by atoms with E-state index < -0.39 is 0 Å². The zero-order chi connectivity index (χ0) is 22.6. The second-order valence-corrected chi connectivity index (χ2v) is 9.96. The lowest BCUT2D eigenvalue weighted by Crippen LogP contribution is -2.54. The lowest BCUT2D eigenvalue weighted by atomic mass is 9.86. The van der Waals surface area contributed by atoms with Gasteiger partial charge in [0.25, 0.3) is 0 Å². The molecule has 170 valence electrons. The number of allylic oxidation sites excluding steroid dienone is 3. The third-order valence-electron chi connectivity index (χ3n) is 7.61. The summed E-state index contributed by atoms with van der Waals surface area (Å²) in [6, 6.07) is 8.89. The summed E-state index contributed by atoms with van der Waals surface area (Å²) in [5, 5.41) is 5.69. The van der Waals surface area contributed by atoms with Gasteiger partial charge in [-0.25, -0.2) is 0 Å². The molecule has 0 N–H and O–H groups in total. The first kappa shape index (κ1) is 20.6. The number of hydrogen-bond acceptors (Lipinski definition) is 4. The monoisotopic (exact) mass is 439 g/mol. The largest absolute Gasteiger partial charge is 0.304 e. The van der Waals surface area contributed by atoms with Crippen molar-refractivity contribution in [1.29, 1.82) is 0 Å². The highest BCUT2D eigenvalue weighted by Gasteiger charge is 2.32. The average Bonchev–Trinajstić information content (AvgIpc) is 3.41. The summed E-state index contributed by atoms with van der Waals surface area (Å²) in [6.07, 6.45) is 15.5. The van der Waals surface area contributed by atoms with Crippen molar-refractivity contribution < 1.29 is 1.43 Å². The van der Waals surface area contributed by atoms with E-state index in [9.17, 15) is 0 Å². The van der Waals surface area contributed by atoms with E-state index in [-0.39, 0.29) is 6.97 Å². The Balaban J connectivity index is 0.00000241. The van der Waals surface area contributed by atoms with Gasteiger partial charge in [-0.15, -0.1) is 0 Å². The molecule has 5 nitrogen and oxygen atoms in total. The summed E-state index contributed by atoms with van der Waals surface area (Å²) in [6.45, 7) is 6.94. The fourth-order valence-corrected chi connectivity index (χ4v) is 5.43. The minimum Gasteiger partial charge on any atom is -0.304 e. The van der Waals surface area contributed by atoms with Gasteiger partial charge in [0.1, 0.15) is 0 Å². The molecule has 0 saturated carbocycles. The molecule has 1 atom stereocenters. The molecular weight excluding hydrogens is 406 g/mol. The van der Waals surface area contributed by atoms with Crippen molar-refractivity contribution in [3.63, 3.8) is 0 Å². The highest BCUT2D eigenvalue weighted by Crippen LogP contribution is 2.36. The fraction of sp³-hybridized carbons (Fsp3) is 0.357. The van der Waals surface area contributed by atoms with Gasteiger partial charge in [0, 0.05) is 75.5 Å². The SMILES string of the molecule is CN1CCN(C2(C)C=CC(c3cnc4c(c3)C(c3ccc5nn(C)cc5c3)=CC4)=CC2)CC1.[HH]. The van der Waals surface area contributed by atoms with Crippen LogP contribution in [0.15, 0.2) is 61.0 Å². The first-order valence-corrected chi connectivity index (χ1v) is 12.0. The number of rotatable bonds is 3. The molecular formula is C28H33N5. The Labute approximate surface area is 197 Å². The van der Waals surface area contributed by atoms with Gasteiger partial charge in [-0.3, -0.25) is 14.6 Å². The van der Waals surface area contributed by atoms with E-state index in [4.69, 9.17) is 4.98 Å². The van der Waals surface area contributed by atoms with Gasteiger partial charge < -0.3 is 4.90 Å². The van der Waals surface area contributed by atoms with E-state index in [2.05, 4.69) is 89.8 Å². The van der Waals surface area contributed by atoms with Crippen LogP contribution < -0.4 is 0 Å². The minimum atomic E-state index is 0. The minimum absolute atomic E-state index is 0. The molecule has 2 aromatic heterocycles. The topological polar surface area (TPSA) is 37.2 Å². The van der Waals surface area contributed by atoms with E-state index in [0.29, 0.717) is 0 Å². The van der Waals surface area contributed by atoms with E-state index in [1.54, 1.807) is 0 Å². The molecule has 0 bridgehead atoms. The van der Waals surface area contributed by atoms with Crippen LogP contribution in [0.3, 0.4) is 0 Å². The Morgan fingerprint density at radius 2 is 1.85 bits per heavy atom. The molecule has 3 aliphatic rings. The van der Waals surface area contributed by atoms with Gasteiger partial charge in [0.05, 0.1) is 11.2 Å². The zero-order valence-electron chi connectivity index (χ0n) is 19.8. The number of pyridine rings is 1. The van der Waals surface area contributed by atoms with Crippen molar-refractivity contribution in [2.75, 3.05) is 33.2 Å². The van der Waals surface area contributed by atoms with Crippen LogP contribution in [0.5, 0.6) is 0 Å². The standard InChI is InChI=1S/C28H31N5.H2/c1-28(33-14-12-31(2)13-15-33)10-8-20(9-11-28)22-17-25-24(5-7-27(25)29-18-22)21-4-6-26-23(16-21)19-32(3)30-26;/h4-6,8-10,16-19H,7,11-15H2,1-3H3;1H. The summed E-state index contributed by atoms with van der Waals surface area (Å²) < 4.78 is 1.88. The van der Waals surface area contributed by atoms with Gasteiger partial charge >= 0.3 is 0 Å². The molecule has 33 heavy (non-hydrogen) atoms. The second kappa shape index (κ2) is 7.79. The molecule has 1 aromatic carbocycles. The predicted molar refractivity (Wildman–Crippen MR) is 137 cm³/mol. The Morgan fingerprint density at radius 1 is 1.00 bits per heavy atom. The molecule has 3 aromatic rings. The summed E-state index contributed by atoms with van der Waals surface area (Å²) >= 11 is 0. The van der Waals surface area contributed by atoms with Crippen molar-refractivity contribution in [2.24, 2.45) is 7.05 Å². The van der Waals surface area contributed by atoms with E-state index in [1.165, 1.54) is 38.9 Å².